The number of hydrogen-bond donors (Lipinski definition) is 3. The molecule has 7 nitrogen and oxygen atoms in total. The predicted molar refractivity (Wildman–Crippen MR) is 121 cm³/mol. The first-order valence-corrected chi connectivity index (χ1v) is 12.6. The second-order valence-electron chi connectivity index (χ2n) is 8.19. The van der Waals surface area contributed by atoms with Crippen molar-refractivity contribution in [1.82, 2.24) is 10.2 Å². The van der Waals surface area contributed by atoms with Gasteiger partial charge in [0.15, 0.2) is 0 Å². The Bertz CT molecular complexity index is 956. The minimum Gasteiger partial charge on any atom is -0.497 e. The molecule has 0 aliphatic carbocycles. The van der Waals surface area contributed by atoms with Crippen molar-refractivity contribution in [3.63, 3.8) is 0 Å². The van der Waals surface area contributed by atoms with E-state index in [9.17, 15) is 19.1 Å². The third kappa shape index (κ3) is 5.48. The number of carbonyl (C=O) groups is 2. The van der Waals surface area contributed by atoms with Crippen LogP contribution < -0.4 is 15.4 Å². The van der Waals surface area contributed by atoms with Gasteiger partial charge in [0.2, 0.25) is 0 Å². The van der Waals surface area contributed by atoms with Crippen molar-refractivity contribution in [2.45, 2.75) is 17.0 Å². The number of β-amino-alcohol motifs (C(OH)–C–C–N with tert-alkyl or cyclic N) is 1. The summed E-state index contributed by atoms with van der Waals surface area (Å²) < 4.78 is 19.7. The fourth-order valence-electron chi connectivity index (χ4n) is 3.22. The number of ether oxygens (including phenoxy) is 1. The number of amides is 3. The number of benzene rings is 2. The number of likely N-dealkylation sites (tertiary alicyclic amines) is 1. The monoisotopic (exact) mass is 449 g/mol. The van der Waals surface area contributed by atoms with Gasteiger partial charge >= 0.3 is 6.03 Å². The fourth-order valence-corrected chi connectivity index (χ4v) is 4.34. The van der Waals surface area contributed by atoms with Crippen molar-refractivity contribution in [2.24, 2.45) is 0 Å². The molecule has 168 valence electrons. The van der Waals surface area contributed by atoms with Crippen LogP contribution in [0, 0.1) is 5.82 Å². The van der Waals surface area contributed by atoms with Gasteiger partial charge in [-0.05, 0) is 54.7 Å². The first-order valence-electron chi connectivity index (χ1n) is 9.74. The van der Waals surface area contributed by atoms with E-state index in [4.69, 9.17) is 4.74 Å². The summed E-state index contributed by atoms with van der Waals surface area (Å²) in [4.78, 5) is 27.6. The number of methoxy groups -OCH3 is 1. The molecule has 9 heteroatoms. The Balaban J connectivity index is 1.81. The number of aliphatic hydroxyl groups excluding tert-OH is 1. The van der Waals surface area contributed by atoms with Gasteiger partial charge in [-0.1, -0.05) is 12.1 Å². The highest BCUT2D eigenvalue weighted by Gasteiger charge is 2.32. The van der Waals surface area contributed by atoms with Crippen LogP contribution in [0.2, 0.25) is 0 Å². The van der Waals surface area contributed by atoms with E-state index < -0.39 is 34.1 Å². The number of anilines is 1. The van der Waals surface area contributed by atoms with Gasteiger partial charge < -0.3 is 25.4 Å². The summed E-state index contributed by atoms with van der Waals surface area (Å²) in [7, 11) is 0.282. The van der Waals surface area contributed by atoms with Gasteiger partial charge in [0, 0.05) is 10.6 Å². The zero-order valence-electron chi connectivity index (χ0n) is 18.0. The van der Waals surface area contributed by atoms with E-state index in [2.05, 4.69) is 10.6 Å². The molecule has 1 aliphatic heterocycles. The van der Waals surface area contributed by atoms with E-state index >= 15 is 0 Å². The maximum atomic E-state index is 14.6. The maximum absolute atomic E-state index is 14.6. The largest absolute Gasteiger partial charge is 0.497 e. The summed E-state index contributed by atoms with van der Waals surface area (Å²) >= 11 is 0. The molecule has 2 aromatic rings. The van der Waals surface area contributed by atoms with E-state index in [-0.39, 0.29) is 18.9 Å². The maximum Gasteiger partial charge on any atom is 0.318 e. The number of hydrogen-bond acceptors (Lipinski definition) is 4. The highest BCUT2D eigenvalue weighted by molar-refractivity contribution is 8.32. The van der Waals surface area contributed by atoms with Crippen molar-refractivity contribution in [3.8, 4) is 5.75 Å². The van der Waals surface area contributed by atoms with Crippen LogP contribution in [0.25, 0.3) is 0 Å². The summed E-state index contributed by atoms with van der Waals surface area (Å²) in [6.45, 7) is 0.426. The first-order chi connectivity index (χ1) is 14.6. The fraction of sp³-hybridized carbons (Fsp3) is 0.364. The molecule has 0 radical (unpaired) electrons. The second-order valence-corrected chi connectivity index (χ2v) is 12.3. The smallest absolute Gasteiger partial charge is 0.318 e. The van der Waals surface area contributed by atoms with E-state index in [1.54, 1.807) is 36.4 Å². The summed E-state index contributed by atoms with van der Waals surface area (Å²) in [5.74, 6) is -0.266. The SMILES string of the molecule is COc1ccc(C(NC(=O)N2CC(O)C2)C(=O)Nc2ccc(S(C)(C)C)c(F)c2)cc1. The van der Waals surface area contributed by atoms with Crippen LogP contribution in [0.1, 0.15) is 11.6 Å². The molecule has 1 aliphatic rings. The van der Waals surface area contributed by atoms with Gasteiger partial charge in [0.25, 0.3) is 5.91 Å². The lowest BCUT2D eigenvalue weighted by atomic mass is 10.1. The number of nitrogens with zero attached hydrogens (tertiary/aromatic N) is 1. The molecule has 2 aromatic carbocycles. The predicted octanol–water partition coefficient (Wildman–Crippen LogP) is 2.95. The Morgan fingerprint density at radius 2 is 1.81 bits per heavy atom. The van der Waals surface area contributed by atoms with Crippen molar-refractivity contribution < 1.29 is 23.8 Å². The summed E-state index contributed by atoms with van der Waals surface area (Å²) in [5, 5.41) is 14.8. The van der Waals surface area contributed by atoms with Gasteiger partial charge in [0.05, 0.1) is 26.3 Å². The van der Waals surface area contributed by atoms with Gasteiger partial charge in [-0.15, -0.1) is 0 Å². The minimum absolute atomic E-state index is 0.213. The summed E-state index contributed by atoms with van der Waals surface area (Å²) in [5.41, 5.74) is 0.853. The Hall–Kier alpha value is -2.78. The van der Waals surface area contributed by atoms with Crippen LogP contribution in [0.4, 0.5) is 14.9 Å². The molecule has 3 amide bonds. The topological polar surface area (TPSA) is 90.9 Å². The van der Waals surface area contributed by atoms with Crippen LogP contribution in [0.15, 0.2) is 47.4 Å². The molecule has 0 bridgehead atoms. The Morgan fingerprint density at radius 1 is 1.16 bits per heavy atom. The Morgan fingerprint density at radius 3 is 2.32 bits per heavy atom. The van der Waals surface area contributed by atoms with Crippen molar-refractivity contribution in [1.29, 1.82) is 0 Å². The highest BCUT2D eigenvalue weighted by atomic mass is 32.3. The van der Waals surface area contributed by atoms with E-state index in [1.807, 2.05) is 18.8 Å². The molecule has 0 spiro atoms. The third-order valence-corrected chi connectivity index (χ3v) is 6.64. The average molecular weight is 450 g/mol. The molecule has 0 aromatic heterocycles. The van der Waals surface area contributed by atoms with Crippen LogP contribution in [-0.2, 0) is 4.79 Å². The number of rotatable bonds is 6. The first kappa shape index (κ1) is 22.9. The summed E-state index contributed by atoms with van der Waals surface area (Å²) in [6.07, 6.45) is 5.42. The van der Waals surface area contributed by atoms with E-state index in [0.29, 0.717) is 21.9 Å². The third-order valence-electron chi connectivity index (χ3n) is 4.99. The lowest BCUT2D eigenvalue weighted by molar-refractivity contribution is -0.118. The minimum atomic E-state index is -1.25. The average Bonchev–Trinajstić information content (AvgIpc) is 2.68. The molecule has 31 heavy (non-hydrogen) atoms. The lowest BCUT2D eigenvalue weighted by Gasteiger charge is -2.36. The van der Waals surface area contributed by atoms with Gasteiger partial charge in [-0.2, -0.15) is 0 Å². The number of carbonyl (C=O) groups excluding carboxylic acids is 2. The summed E-state index contributed by atoms with van der Waals surface area (Å²) in [6, 6.07) is 9.92. The standard InChI is InChI=1S/C22H28FN3O4S/c1-30-17-8-5-14(6-9-17)20(25-22(29)26-12-16(27)13-26)21(28)24-15-7-10-19(18(23)11-15)31(2,3)4/h5-11,16,20,27H,12-13H2,1-4H3,(H,24,28)(H,25,29). The molecule has 1 fully saturated rings. The van der Waals surface area contributed by atoms with Crippen LogP contribution in [0.3, 0.4) is 0 Å². The number of nitrogens with one attached hydrogen (secondary N) is 2. The molecule has 3 rings (SSSR count). The molecule has 0 saturated carbocycles. The van der Waals surface area contributed by atoms with E-state index in [0.717, 1.165) is 0 Å². The number of halogens is 1. The zero-order valence-corrected chi connectivity index (χ0v) is 18.8. The second kappa shape index (κ2) is 9.15. The van der Waals surface area contributed by atoms with Crippen LogP contribution in [-0.4, -0.2) is 67.0 Å². The molecule has 1 heterocycles. The van der Waals surface area contributed by atoms with Gasteiger partial charge in [0.1, 0.15) is 17.6 Å². The zero-order chi connectivity index (χ0) is 22.8. The Labute approximate surface area is 182 Å². The molecular weight excluding hydrogens is 421 g/mol. The lowest BCUT2D eigenvalue weighted by Crippen LogP contribution is -2.57. The van der Waals surface area contributed by atoms with Crippen LogP contribution in [0.5, 0.6) is 5.75 Å². The molecular formula is C22H28FN3O4S. The van der Waals surface area contributed by atoms with Crippen molar-refractivity contribution >= 4 is 27.7 Å². The van der Waals surface area contributed by atoms with Gasteiger partial charge in [-0.3, -0.25) is 4.79 Å². The van der Waals surface area contributed by atoms with E-state index in [1.165, 1.54) is 18.1 Å². The van der Waals surface area contributed by atoms with Crippen LogP contribution >= 0.6 is 10.0 Å². The Kier molecular flexibility index (Phi) is 6.76. The normalized spacial score (nSPS) is 15.6. The van der Waals surface area contributed by atoms with Gasteiger partial charge in [-0.25, -0.2) is 19.2 Å². The quantitative estimate of drug-likeness (QED) is 0.633. The van der Waals surface area contributed by atoms with Crippen molar-refractivity contribution in [3.05, 3.63) is 53.8 Å². The molecule has 1 unspecified atom stereocenters. The molecule has 1 atom stereocenters. The highest BCUT2D eigenvalue weighted by Crippen LogP contribution is 2.46. The molecule has 1 saturated heterocycles. The molecule has 3 N–H and O–H groups in total. The number of urea groups is 1. The number of aliphatic hydroxyl groups is 1. The van der Waals surface area contributed by atoms with Crippen molar-refractivity contribution in [2.75, 3.05) is 44.3 Å².